The molecule has 0 aliphatic carbocycles. The number of amides is 1. The third-order valence-corrected chi connectivity index (χ3v) is 4.40. The maximum absolute atomic E-state index is 12.1. The fraction of sp³-hybridized carbons (Fsp3) is 0.933. The predicted octanol–water partition coefficient (Wildman–Crippen LogP) is 2.65. The van der Waals surface area contributed by atoms with Crippen molar-refractivity contribution in [1.29, 1.82) is 0 Å². The van der Waals surface area contributed by atoms with Crippen molar-refractivity contribution in [2.75, 3.05) is 26.2 Å². The molecule has 2 fully saturated rings. The molecule has 3 heteroatoms. The smallest absolute Gasteiger partial charge is 0.222 e. The largest absolute Gasteiger partial charge is 0.341 e. The van der Waals surface area contributed by atoms with E-state index >= 15 is 0 Å². The van der Waals surface area contributed by atoms with Gasteiger partial charge in [0.1, 0.15) is 0 Å². The van der Waals surface area contributed by atoms with Gasteiger partial charge in [0.25, 0.3) is 0 Å². The van der Waals surface area contributed by atoms with Crippen LogP contribution in [-0.4, -0.2) is 47.9 Å². The Labute approximate surface area is 112 Å². The Bertz CT molecular complexity index is 261. The number of nitrogens with zero attached hydrogens (tertiary/aromatic N) is 2. The molecule has 2 rings (SSSR count). The second kappa shape index (κ2) is 7.13. The summed E-state index contributed by atoms with van der Waals surface area (Å²) in [5.41, 5.74) is 0. The van der Waals surface area contributed by atoms with E-state index in [2.05, 4.69) is 16.7 Å². The molecule has 2 aliphatic heterocycles. The number of carbonyl (C=O) groups excluding carboxylic acids is 1. The van der Waals surface area contributed by atoms with Crippen molar-refractivity contribution in [2.45, 2.75) is 64.3 Å². The van der Waals surface area contributed by atoms with Gasteiger partial charge in [-0.25, -0.2) is 0 Å². The second-order valence-corrected chi connectivity index (χ2v) is 5.84. The first-order chi connectivity index (χ1) is 8.81. The van der Waals surface area contributed by atoms with Crippen LogP contribution in [0.25, 0.3) is 0 Å². The molecule has 104 valence electrons. The average Bonchev–Trinajstić information content (AvgIpc) is 2.93. The lowest BCUT2D eigenvalue weighted by atomic mass is 10.0. The van der Waals surface area contributed by atoms with Gasteiger partial charge in [-0.2, -0.15) is 0 Å². The van der Waals surface area contributed by atoms with Gasteiger partial charge in [0, 0.05) is 25.6 Å². The van der Waals surface area contributed by atoms with E-state index in [-0.39, 0.29) is 0 Å². The van der Waals surface area contributed by atoms with Crippen molar-refractivity contribution in [3.8, 4) is 0 Å². The van der Waals surface area contributed by atoms with Gasteiger partial charge in [0.05, 0.1) is 0 Å². The lowest BCUT2D eigenvalue weighted by molar-refractivity contribution is -0.133. The van der Waals surface area contributed by atoms with E-state index < -0.39 is 0 Å². The Balaban J connectivity index is 1.76. The third kappa shape index (κ3) is 3.71. The summed E-state index contributed by atoms with van der Waals surface area (Å²) in [6, 6.07) is 0.649. The van der Waals surface area contributed by atoms with E-state index in [1.807, 2.05) is 0 Å². The minimum Gasteiger partial charge on any atom is -0.341 e. The second-order valence-electron chi connectivity index (χ2n) is 5.84. The molecule has 2 aliphatic rings. The maximum Gasteiger partial charge on any atom is 0.222 e. The molecule has 1 amide bonds. The van der Waals surface area contributed by atoms with Gasteiger partial charge in [-0.15, -0.1) is 0 Å². The lowest BCUT2D eigenvalue weighted by Gasteiger charge is -2.37. The Morgan fingerprint density at radius 2 is 1.89 bits per heavy atom. The van der Waals surface area contributed by atoms with Gasteiger partial charge in [-0.05, 0) is 45.2 Å². The Hall–Kier alpha value is -0.570. The van der Waals surface area contributed by atoms with Gasteiger partial charge in [-0.3, -0.25) is 9.69 Å². The number of piperidine rings is 1. The van der Waals surface area contributed by atoms with Crippen LogP contribution in [0.4, 0.5) is 0 Å². The fourth-order valence-electron chi connectivity index (χ4n) is 3.27. The lowest BCUT2D eigenvalue weighted by Crippen LogP contribution is -2.48. The van der Waals surface area contributed by atoms with Crippen LogP contribution in [0.3, 0.4) is 0 Å². The van der Waals surface area contributed by atoms with E-state index in [0.29, 0.717) is 11.9 Å². The van der Waals surface area contributed by atoms with Gasteiger partial charge < -0.3 is 4.90 Å². The minimum atomic E-state index is 0.396. The topological polar surface area (TPSA) is 23.6 Å². The number of likely N-dealkylation sites (tertiary alicyclic amines) is 2. The fourth-order valence-corrected chi connectivity index (χ4v) is 3.27. The minimum absolute atomic E-state index is 0.396. The number of carbonyl (C=O) groups is 1. The first kappa shape index (κ1) is 13.9. The summed E-state index contributed by atoms with van der Waals surface area (Å²) in [4.78, 5) is 16.9. The number of hydrogen-bond acceptors (Lipinski definition) is 2. The molecule has 0 aromatic carbocycles. The summed E-state index contributed by atoms with van der Waals surface area (Å²) < 4.78 is 0. The summed E-state index contributed by atoms with van der Waals surface area (Å²) in [5, 5.41) is 0. The zero-order valence-electron chi connectivity index (χ0n) is 11.9. The van der Waals surface area contributed by atoms with Crippen LogP contribution in [0.2, 0.25) is 0 Å². The Morgan fingerprint density at radius 1 is 1.11 bits per heavy atom. The van der Waals surface area contributed by atoms with E-state index in [1.165, 1.54) is 51.6 Å². The van der Waals surface area contributed by atoms with Crippen molar-refractivity contribution >= 4 is 5.91 Å². The normalized spacial score (nSPS) is 25.6. The molecular weight excluding hydrogens is 224 g/mol. The summed E-state index contributed by atoms with van der Waals surface area (Å²) in [6.07, 6.45) is 9.40. The van der Waals surface area contributed by atoms with E-state index in [1.54, 1.807) is 0 Å². The van der Waals surface area contributed by atoms with Gasteiger partial charge >= 0.3 is 0 Å². The zero-order valence-corrected chi connectivity index (χ0v) is 11.9. The number of unbranched alkanes of at least 4 members (excludes halogenated alkanes) is 2. The molecule has 2 saturated heterocycles. The SMILES string of the molecule is CCCCCC(=O)N1CCCC(N2CCCC2)C1. The van der Waals surface area contributed by atoms with Crippen molar-refractivity contribution in [2.24, 2.45) is 0 Å². The molecule has 0 spiro atoms. The van der Waals surface area contributed by atoms with Crippen LogP contribution in [0.1, 0.15) is 58.3 Å². The van der Waals surface area contributed by atoms with E-state index in [0.717, 1.165) is 25.9 Å². The zero-order chi connectivity index (χ0) is 12.8. The molecule has 0 bridgehead atoms. The molecule has 0 saturated carbocycles. The molecule has 2 heterocycles. The van der Waals surface area contributed by atoms with Crippen LogP contribution in [-0.2, 0) is 4.79 Å². The molecule has 3 nitrogen and oxygen atoms in total. The van der Waals surface area contributed by atoms with Crippen LogP contribution < -0.4 is 0 Å². The van der Waals surface area contributed by atoms with Crippen LogP contribution in [0.5, 0.6) is 0 Å². The van der Waals surface area contributed by atoms with Crippen molar-refractivity contribution in [1.82, 2.24) is 9.80 Å². The highest BCUT2D eigenvalue weighted by Crippen LogP contribution is 2.21. The molecule has 18 heavy (non-hydrogen) atoms. The van der Waals surface area contributed by atoms with Gasteiger partial charge in [-0.1, -0.05) is 19.8 Å². The quantitative estimate of drug-likeness (QED) is 0.702. The first-order valence-electron chi connectivity index (χ1n) is 7.83. The Morgan fingerprint density at radius 3 is 2.61 bits per heavy atom. The van der Waals surface area contributed by atoms with E-state index in [9.17, 15) is 4.79 Å². The van der Waals surface area contributed by atoms with Crippen molar-refractivity contribution in [3.05, 3.63) is 0 Å². The highest BCUT2D eigenvalue weighted by atomic mass is 16.2. The molecule has 1 atom stereocenters. The van der Waals surface area contributed by atoms with E-state index in [4.69, 9.17) is 0 Å². The van der Waals surface area contributed by atoms with Crippen molar-refractivity contribution in [3.63, 3.8) is 0 Å². The summed E-state index contributed by atoms with van der Waals surface area (Å²) in [6.45, 7) is 6.68. The average molecular weight is 252 g/mol. The molecule has 0 aromatic rings. The van der Waals surface area contributed by atoms with Crippen LogP contribution in [0.15, 0.2) is 0 Å². The Kier molecular flexibility index (Phi) is 5.48. The monoisotopic (exact) mass is 252 g/mol. The van der Waals surface area contributed by atoms with Crippen LogP contribution >= 0.6 is 0 Å². The summed E-state index contributed by atoms with van der Waals surface area (Å²) in [7, 11) is 0. The highest BCUT2D eigenvalue weighted by Gasteiger charge is 2.28. The highest BCUT2D eigenvalue weighted by molar-refractivity contribution is 5.76. The molecule has 1 unspecified atom stereocenters. The van der Waals surface area contributed by atoms with Crippen molar-refractivity contribution < 1.29 is 4.79 Å². The van der Waals surface area contributed by atoms with Gasteiger partial charge in [0.2, 0.25) is 5.91 Å². The first-order valence-corrected chi connectivity index (χ1v) is 7.83. The maximum atomic E-state index is 12.1. The summed E-state index contributed by atoms with van der Waals surface area (Å²) in [5.74, 6) is 0.396. The number of hydrogen-bond donors (Lipinski definition) is 0. The molecule has 0 radical (unpaired) electrons. The standard InChI is InChI=1S/C15H28N2O/c1-2-3-4-9-15(18)17-12-7-8-14(13-17)16-10-5-6-11-16/h14H,2-13H2,1H3. The van der Waals surface area contributed by atoms with Crippen LogP contribution in [0, 0.1) is 0 Å². The molecule has 0 aromatic heterocycles. The molecule has 0 N–H and O–H groups in total. The predicted molar refractivity (Wildman–Crippen MR) is 74.6 cm³/mol. The van der Waals surface area contributed by atoms with Gasteiger partial charge in [0.15, 0.2) is 0 Å². The molecular formula is C15H28N2O. The summed E-state index contributed by atoms with van der Waals surface area (Å²) >= 11 is 0. The number of rotatable bonds is 5. The third-order valence-electron chi connectivity index (χ3n) is 4.40.